The van der Waals surface area contributed by atoms with E-state index in [1.165, 1.54) is 6.42 Å². The lowest BCUT2D eigenvalue weighted by atomic mass is 9.69. The largest absolute Gasteiger partial charge is 0.494 e. The van der Waals surface area contributed by atoms with Gasteiger partial charge in [-0.15, -0.1) is 0 Å². The lowest BCUT2D eigenvalue weighted by molar-refractivity contribution is 0.0174. The molecule has 1 N–H and O–H groups in total. The molecule has 0 bridgehead atoms. The molecule has 2 aromatic rings. The predicted molar refractivity (Wildman–Crippen MR) is 135 cm³/mol. The standard InChI is InChI=1S/C28H40O4S/c1-4-7-9-13-19-32-23-16-17-24-25(20-23)33(30,31)21-28(6-3,18-8-5-2)27(29)26(24)22-14-11-10-12-15-22/h10-12,14-17,20,26-27,29H,4-9,13,18-19,21H2,1-3H3/t26-,27?,28+/m1/s1. The molecule has 0 aromatic heterocycles. The lowest BCUT2D eigenvalue weighted by Crippen LogP contribution is -2.42. The van der Waals surface area contributed by atoms with Gasteiger partial charge in [0.15, 0.2) is 9.84 Å². The number of sulfone groups is 1. The number of fused-ring (bicyclic) bond motifs is 1. The molecule has 0 saturated carbocycles. The molecule has 0 amide bonds. The van der Waals surface area contributed by atoms with Crippen LogP contribution in [0.5, 0.6) is 5.75 Å². The molecule has 0 aliphatic carbocycles. The second-order valence-corrected chi connectivity index (χ2v) is 11.5. The van der Waals surface area contributed by atoms with Crippen molar-refractivity contribution in [2.75, 3.05) is 12.4 Å². The highest BCUT2D eigenvalue weighted by Crippen LogP contribution is 2.49. The molecule has 2 aromatic carbocycles. The molecule has 1 unspecified atom stereocenters. The number of aliphatic hydroxyl groups is 1. The van der Waals surface area contributed by atoms with Crippen LogP contribution in [-0.2, 0) is 9.84 Å². The van der Waals surface area contributed by atoms with E-state index in [1.54, 1.807) is 6.07 Å². The van der Waals surface area contributed by atoms with E-state index >= 15 is 0 Å². The van der Waals surface area contributed by atoms with E-state index in [2.05, 4.69) is 13.8 Å². The van der Waals surface area contributed by atoms with Gasteiger partial charge in [-0.05, 0) is 42.5 Å². The van der Waals surface area contributed by atoms with Crippen LogP contribution in [0, 0.1) is 5.41 Å². The number of hydrogen-bond acceptors (Lipinski definition) is 4. The van der Waals surface area contributed by atoms with Crippen molar-refractivity contribution in [1.82, 2.24) is 0 Å². The third-order valence-corrected chi connectivity index (χ3v) is 9.21. The van der Waals surface area contributed by atoms with Crippen LogP contribution in [0.25, 0.3) is 0 Å². The van der Waals surface area contributed by atoms with Gasteiger partial charge in [-0.1, -0.05) is 89.3 Å². The Hall–Kier alpha value is -1.85. The number of hydrogen-bond donors (Lipinski definition) is 1. The summed E-state index contributed by atoms with van der Waals surface area (Å²) in [6.45, 7) is 6.87. The van der Waals surface area contributed by atoms with E-state index in [0.717, 1.165) is 37.7 Å². The Morgan fingerprint density at radius 1 is 0.970 bits per heavy atom. The number of ether oxygens (including phenoxy) is 1. The van der Waals surface area contributed by atoms with Crippen LogP contribution in [-0.4, -0.2) is 32.0 Å². The van der Waals surface area contributed by atoms with Gasteiger partial charge >= 0.3 is 0 Å². The first-order valence-corrected chi connectivity index (χ1v) is 14.3. The Morgan fingerprint density at radius 3 is 2.36 bits per heavy atom. The Kier molecular flexibility index (Phi) is 9.00. The van der Waals surface area contributed by atoms with Crippen LogP contribution >= 0.6 is 0 Å². The van der Waals surface area contributed by atoms with Crippen molar-refractivity contribution < 1.29 is 18.3 Å². The highest BCUT2D eigenvalue weighted by atomic mass is 32.2. The van der Waals surface area contributed by atoms with Crippen molar-refractivity contribution in [3.63, 3.8) is 0 Å². The molecule has 0 fully saturated rings. The van der Waals surface area contributed by atoms with E-state index in [9.17, 15) is 13.5 Å². The summed E-state index contributed by atoms with van der Waals surface area (Å²) in [4.78, 5) is 0.313. The first kappa shape index (κ1) is 25.8. The minimum absolute atomic E-state index is 0.0338. The lowest BCUT2D eigenvalue weighted by Gasteiger charge is -2.39. The van der Waals surface area contributed by atoms with E-state index in [0.29, 0.717) is 35.7 Å². The summed E-state index contributed by atoms with van der Waals surface area (Å²) in [6.07, 6.45) is 6.79. The molecular weight excluding hydrogens is 432 g/mol. The van der Waals surface area contributed by atoms with Crippen molar-refractivity contribution in [1.29, 1.82) is 0 Å². The molecule has 33 heavy (non-hydrogen) atoms. The number of aliphatic hydroxyl groups excluding tert-OH is 1. The van der Waals surface area contributed by atoms with Gasteiger partial charge in [0.2, 0.25) is 0 Å². The molecule has 3 atom stereocenters. The van der Waals surface area contributed by atoms with E-state index in [4.69, 9.17) is 4.74 Å². The molecule has 182 valence electrons. The van der Waals surface area contributed by atoms with Crippen LogP contribution in [0.15, 0.2) is 53.4 Å². The maximum absolute atomic E-state index is 13.8. The Labute approximate surface area is 200 Å². The SMILES string of the molecule is CCCCCCOc1ccc2c(c1)S(=O)(=O)C[C@](CC)(CCCC)C(O)[C@@H]2c1ccccc1. The average molecular weight is 473 g/mol. The summed E-state index contributed by atoms with van der Waals surface area (Å²) < 4.78 is 33.4. The maximum Gasteiger partial charge on any atom is 0.179 e. The van der Waals surface area contributed by atoms with E-state index < -0.39 is 27.3 Å². The van der Waals surface area contributed by atoms with Gasteiger partial charge in [-0.25, -0.2) is 8.42 Å². The zero-order valence-corrected chi connectivity index (χ0v) is 21.2. The second-order valence-electron chi connectivity index (χ2n) is 9.52. The monoisotopic (exact) mass is 472 g/mol. The molecule has 1 heterocycles. The normalized spacial score (nSPS) is 24.1. The molecular formula is C28H40O4S. The summed E-state index contributed by atoms with van der Waals surface area (Å²) in [5, 5.41) is 11.8. The minimum Gasteiger partial charge on any atom is -0.494 e. The van der Waals surface area contributed by atoms with Crippen molar-refractivity contribution in [3.8, 4) is 5.75 Å². The third-order valence-electron chi connectivity index (χ3n) is 7.23. The molecule has 1 aliphatic rings. The predicted octanol–water partition coefficient (Wildman–Crippen LogP) is 6.51. The van der Waals surface area contributed by atoms with Gasteiger partial charge < -0.3 is 9.84 Å². The number of unbranched alkanes of at least 4 members (excludes halogenated alkanes) is 4. The van der Waals surface area contributed by atoms with Crippen molar-refractivity contribution >= 4 is 9.84 Å². The third kappa shape index (κ3) is 5.81. The molecule has 1 aliphatic heterocycles. The Morgan fingerprint density at radius 2 is 1.70 bits per heavy atom. The average Bonchev–Trinajstić information content (AvgIpc) is 2.89. The van der Waals surface area contributed by atoms with Gasteiger partial charge in [0.25, 0.3) is 0 Å². The van der Waals surface area contributed by atoms with Crippen molar-refractivity contribution in [3.05, 3.63) is 59.7 Å². The summed E-state index contributed by atoms with van der Waals surface area (Å²) in [5.41, 5.74) is 0.944. The fourth-order valence-corrected chi connectivity index (χ4v) is 7.46. The summed E-state index contributed by atoms with van der Waals surface area (Å²) in [5.74, 6) is 0.162. The van der Waals surface area contributed by atoms with E-state index in [-0.39, 0.29) is 5.75 Å². The highest BCUT2D eigenvalue weighted by Gasteiger charge is 2.48. The molecule has 5 heteroatoms. The molecule has 0 spiro atoms. The molecule has 0 radical (unpaired) electrons. The Bertz CT molecular complexity index is 986. The first-order chi connectivity index (χ1) is 15.9. The highest BCUT2D eigenvalue weighted by molar-refractivity contribution is 7.91. The number of rotatable bonds is 11. The van der Waals surface area contributed by atoms with Crippen LogP contribution in [0.4, 0.5) is 0 Å². The fraction of sp³-hybridized carbons (Fsp3) is 0.571. The van der Waals surface area contributed by atoms with Gasteiger partial charge in [-0.3, -0.25) is 0 Å². The Balaban J connectivity index is 2.07. The zero-order chi connectivity index (χ0) is 23.9. The summed E-state index contributed by atoms with van der Waals surface area (Å²) in [7, 11) is -3.60. The smallest absolute Gasteiger partial charge is 0.179 e. The molecule has 4 nitrogen and oxygen atoms in total. The van der Waals surface area contributed by atoms with Crippen molar-refractivity contribution in [2.45, 2.75) is 89.1 Å². The molecule has 3 rings (SSSR count). The van der Waals surface area contributed by atoms with Crippen LogP contribution in [0.2, 0.25) is 0 Å². The number of benzene rings is 2. The quantitative estimate of drug-likeness (QED) is 0.379. The van der Waals surface area contributed by atoms with Gasteiger partial charge in [0.05, 0.1) is 23.4 Å². The summed E-state index contributed by atoms with van der Waals surface area (Å²) >= 11 is 0. The van der Waals surface area contributed by atoms with Gasteiger partial charge in [0, 0.05) is 11.3 Å². The van der Waals surface area contributed by atoms with E-state index in [1.807, 2.05) is 49.4 Å². The zero-order valence-electron chi connectivity index (χ0n) is 20.4. The van der Waals surface area contributed by atoms with Gasteiger partial charge in [0.1, 0.15) is 5.75 Å². The van der Waals surface area contributed by atoms with Crippen LogP contribution in [0.1, 0.15) is 89.2 Å². The second kappa shape index (κ2) is 11.5. The fourth-order valence-electron chi connectivity index (χ4n) is 5.17. The van der Waals surface area contributed by atoms with Crippen LogP contribution in [0.3, 0.4) is 0 Å². The summed E-state index contributed by atoms with van der Waals surface area (Å²) in [6, 6.07) is 15.3. The topological polar surface area (TPSA) is 63.6 Å². The first-order valence-electron chi connectivity index (χ1n) is 12.6. The minimum atomic E-state index is -3.60. The van der Waals surface area contributed by atoms with Crippen molar-refractivity contribution in [2.24, 2.45) is 5.41 Å². The molecule has 0 saturated heterocycles. The maximum atomic E-state index is 13.8. The van der Waals surface area contributed by atoms with Crippen LogP contribution < -0.4 is 4.74 Å². The van der Waals surface area contributed by atoms with Gasteiger partial charge in [-0.2, -0.15) is 0 Å².